The molecule has 1 aromatic heterocycles. The van der Waals surface area contributed by atoms with E-state index in [2.05, 4.69) is 27.6 Å². The Morgan fingerprint density at radius 3 is 2.78 bits per heavy atom. The summed E-state index contributed by atoms with van der Waals surface area (Å²) in [5, 5.41) is 12.2. The maximum Gasteiger partial charge on any atom is 0.233 e. The van der Waals surface area contributed by atoms with Gasteiger partial charge in [-0.25, -0.2) is 0 Å². The largest absolute Gasteiger partial charge is 0.355 e. The molecule has 1 N–H and O–H groups in total. The maximum atomic E-state index is 12.4. The molecule has 0 aliphatic rings. The van der Waals surface area contributed by atoms with Gasteiger partial charge in [0.25, 0.3) is 0 Å². The number of nitrogens with zero attached hydrogens (tertiary/aromatic N) is 3. The van der Waals surface area contributed by atoms with E-state index >= 15 is 0 Å². The van der Waals surface area contributed by atoms with Crippen LogP contribution in [0.2, 0.25) is 5.02 Å². The van der Waals surface area contributed by atoms with Crippen molar-refractivity contribution in [3.05, 3.63) is 71.0 Å². The van der Waals surface area contributed by atoms with Crippen molar-refractivity contribution in [2.75, 3.05) is 6.54 Å². The highest BCUT2D eigenvalue weighted by molar-refractivity contribution is 8.00. The summed E-state index contributed by atoms with van der Waals surface area (Å²) in [6.45, 7) is 4.42. The SMILES string of the molecule is Cc1ccc(-n2cnnc2SC(C)C(=O)NCCc2ccccc2)cc1Cl. The lowest BCUT2D eigenvalue weighted by Gasteiger charge is -2.13. The van der Waals surface area contributed by atoms with E-state index in [-0.39, 0.29) is 11.2 Å². The Bertz CT molecular complexity index is 913. The van der Waals surface area contributed by atoms with Gasteiger partial charge in [0, 0.05) is 11.6 Å². The second-order valence-electron chi connectivity index (χ2n) is 6.20. The van der Waals surface area contributed by atoms with Crippen LogP contribution in [-0.2, 0) is 11.2 Å². The van der Waals surface area contributed by atoms with E-state index in [1.165, 1.54) is 17.3 Å². The summed E-state index contributed by atoms with van der Waals surface area (Å²) in [5.41, 5.74) is 3.08. The van der Waals surface area contributed by atoms with Gasteiger partial charge in [0.1, 0.15) is 6.33 Å². The minimum absolute atomic E-state index is 0.0209. The van der Waals surface area contributed by atoms with Crippen molar-refractivity contribution in [3.8, 4) is 5.69 Å². The standard InChI is InChI=1S/C20H21ClN4OS/c1-14-8-9-17(12-18(14)21)25-13-23-24-20(25)27-15(2)19(26)22-11-10-16-6-4-3-5-7-16/h3-9,12-13,15H,10-11H2,1-2H3,(H,22,26). The molecule has 3 rings (SSSR count). The van der Waals surface area contributed by atoms with Crippen LogP contribution in [-0.4, -0.2) is 32.5 Å². The van der Waals surface area contributed by atoms with E-state index in [1.807, 2.05) is 54.8 Å². The van der Waals surface area contributed by atoms with Crippen molar-refractivity contribution >= 4 is 29.3 Å². The molecule has 140 valence electrons. The molecule has 0 aliphatic carbocycles. The van der Waals surface area contributed by atoms with Gasteiger partial charge in [-0.1, -0.05) is 59.8 Å². The van der Waals surface area contributed by atoms with Crippen LogP contribution in [0.25, 0.3) is 5.69 Å². The lowest BCUT2D eigenvalue weighted by atomic mass is 10.1. The summed E-state index contributed by atoms with van der Waals surface area (Å²) in [4.78, 5) is 12.4. The molecule has 7 heteroatoms. The Morgan fingerprint density at radius 1 is 1.26 bits per heavy atom. The molecule has 0 aliphatic heterocycles. The number of carbonyl (C=O) groups excluding carboxylic acids is 1. The van der Waals surface area contributed by atoms with E-state index in [9.17, 15) is 4.79 Å². The van der Waals surface area contributed by atoms with Crippen LogP contribution < -0.4 is 5.32 Å². The Balaban J connectivity index is 1.59. The summed E-state index contributed by atoms with van der Waals surface area (Å²) in [5.74, 6) is -0.0209. The molecule has 0 bridgehead atoms. The first-order chi connectivity index (χ1) is 13.0. The molecule has 1 atom stereocenters. The quantitative estimate of drug-likeness (QED) is 0.607. The first-order valence-corrected chi connectivity index (χ1v) is 9.95. The van der Waals surface area contributed by atoms with Crippen LogP contribution in [0.3, 0.4) is 0 Å². The Morgan fingerprint density at radius 2 is 2.04 bits per heavy atom. The molecule has 2 aromatic carbocycles. The van der Waals surface area contributed by atoms with Gasteiger partial charge in [-0.15, -0.1) is 10.2 Å². The first-order valence-electron chi connectivity index (χ1n) is 8.69. The monoisotopic (exact) mass is 400 g/mol. The molecule has 0 saturated carbocycles. The molecular weight excluding hydrogens is 380 g/mol. The number of hydrogen-bond acceptors (Lipinski definition) is 4. The van der Waals surface area contributed by atoms with E-state index < -0.39 is 0 Å². The minimum atomic E-state index is -0.287. The van der Waals surface area contributed by atoms with E-state index in [0.29, 0.717) is 16.7 Å². The van der Waals surface area contributed by atoms with E-state index in [0.717, 1.165) is 17.7 Å². The van der Waals surface area contributed by atoms with E-state index in [1.54, 1.807) is 6.33 Å². The van der Waals surface area contributed by atoms with Crippen LogP contribution in [0.5, 0.6) is 0 Å². The zero-order chi connectivity index (χ0) is 19.2. The number of rotatable bonds is 7. The molecule has 0 spiro atoms. The summed E-state index contributed by atoms with van der Waals surface area (Å²) in [7, 11) is 0. The highest BCUT2D eigenvalue weighted by Gasteiger charge is 2.18. The predicted octanol–water partition coefficient (Wildman–Crippen LogP) is 4.07. The summed E-state index contributed by atoms with van der Waals surface area (Å²) >= 11 is 7.59. The third kappa shape index (κ3) is 5.11. The Labute approximate surface area is 168 Å². The average Bonchev–Trinajstić information content (AvgIpc) is 3.13. The van der Waals surface area contributed by atoms with Crippen molar-refractivity contribution in [1.29, 1.82) is 0 Å². The van der Waals surface area contributed by atoms with Crippen LogP contribution in [0.1, 0.15) is 18.1 Å². The second-order valence-corrected chi connectivity index (χ2v) is 7.92. The van der Waals surface area contributed by atoms with Crippen molar-refractivity contribution in [3.63, 3.8) is 0 Å². The van der Waals surface area contributed by atoms with Crippen LogP contribution in [0.4, 0.5) is 0 Å². The van der Waals surface area contributed by atoms with Gasteiger partial charge < -0.3 is 5.32 Å². The highest BCUT2D eigenvalue weighted by atomic mass is 35.5. The smallest absolute Gasteiger partial charge is 0.233 e. The fourth-order valence-electron chi connectivity index (χ4n) is 2.54. The molecule has 0 saturated heterocycles. The van der Waals surface area contributed by atoms with Crippen molar-refractivity contribution in [2.45, 2.75) is 30.7 Å². The number of aromatic nitrogens is 3. The zero-order valence-electron chi connectivity index (χ0n) is 15.2. The van der Waals surface area contributed by atoms with Crippen LogP contribution >= 0.6 is 23.4 Å². The van der Waals surface area contributed by atoms with E-state index in [4.69, 9.17) is 11.6 Å². The molecule has 1 unspecified atom stereocenters. The Kier molecular flexibility index (Phi) is 6.53. The third-order valence-corrected chi connectivity index (χ3v) is 5.62. The second kappa shape index (κ2) is 9.06. The average molecular weight is 401 g/mol. The van der Waals surface area contributed by atoms with Gasteiger partial charge in [-0.2, -0.15) is 0 Å². The molecule has 0 radical (unpaired) electrons. The topological polar surface area (TPSA) is 59.8 Å². The molecular formula is C20H21ClN4OS. The first kappa shape index (κ1) is 19.5. The zero-order valence-corrected chi connectivity index (χ0v) is 16.8. The number of nitrogens with one attached hydrogen (secondary N) is 1. The molecule has 5 nitrogen and oxygen atoms in total. The van der Waals surface area contributed by atoms with Crippen LogP contribution in [0.15, 0.2) is 60.0 Å². The molecule has 27 heavy (non-hydrogen) atoms. The molecule has 1 amide bonds. The van der Waals surface area contributed by atoms with Gasteiger partial charge in [0.15, 0.2) is 5.16 Å². The normalized spacial score (nSPS) is 12.0. The maximum absolute atomic E-state index is 12.4. The molecule has 1 heterocycles. The van der Waals surface area contributed by atoms with Gasteiger partial charge in [-0.05, 0) is 43.5 Å². The summed E-state index contributed by atoms with van der Waals surface area (Å²) < 4.78 is 1.84. The van der Waals surface area contributed by atoms with Gasteiger partial charge in [0.05, 0.1) is 10.9 Å². The molecule has 0 fully saturated rings. The van der Waals surface area contributed by atoms with Crippen molar-refractivity contribution in [2.24, 2.45) is 0 Å². The van der Waals surface area contributed by atoms with Gasteiger partial charge in [-0.3, -0.25) is 9.36 Å². The predicted molar refractivity (Wildman–Crippen MR) is 110 cm³/mol. The fraction of sp³-hybridized carbons (Fsp3) is 0.250. The van der Waals surface area contributed by atoms with Crippen LogP contribution in [0, 0.1) is 6.92 Å². The molecule has 3 aromatic rings. The number of amides is 1. The lowest BCUT2D eigenvalue weighted by molar-refractivity contribution is -0.120. The number of aryl methyl sites for hydroxylation is 1. The fourth-order valence-corrected chi connectivity index (χ4v) is 3.59. The van der Waals surface area contributed by atoms with Gasteiger partial charge in [0.2, 0.25) is 5.91 Å². The number of thioether (sulfide) groups is 1. The summed E-state index contributed by atoms with van der Waals surface area (Å²) in [6.07, 6.45) is 2.44. The third-order valence-electron chi connectivity index (χ3n) is 4.16. The number of halogens is 1. The number of carbonyl (C=O) groups is 1. The Hall–Kier alpha value is -2.31. The lowest BCUT2D eigenvalue weighted by Crippen LogP contribution is -2.32. The van der Waals surface area contributed by atoms with Gasteiger partial charge >= 0.3 is 0 Å². The number of hydrogen-bond donors (Lipinski definition) is 1. The van der Waals surface area contributed by atoms with Crippen molar-refractivity contribution < 1.29 is 4.79 Å². The highest BCUT2D eigenvalue weighted by Crippen LogP contribution is 2.26. The van der Waals surface area contributed by atoms with Crippen molar-refractivity contribution in [1.82, 2.24) is 20.1 Å². The number of benzene rings is 2. The minimum Gasteiger partial charge on any atom is -0.355 e. The summed E-state index contributed by atoms with van der Waals surface area (Å²) in [6, 6.07) is 15.9.